The monoisotopic (exact) mass is 326 g/mol. The van der Waals surface area contributed by atoms with E-state index in [1.165, 1.54) is 11.1 Å². The number of aromatic nitrogens is 2. The van der Waals surface area contributed by atoms with Gasteiger partial charge in [0.1, 0.15) is 11.9 Å². The summed E-state index contributed by atoms with van der Waals surface area (Å²) in [6, 6.07) is 6.12. The quantitative estimate of drug-likeness (QED) is 0.816. The van der Waals surface area contributed by atoms with Crippen LogP contribution in [-0.4, -0.2) is 53.1 Å². The van der Waals surface area contributed by atoms with Gasteiger partial charge in [-0.1, -0.05) is 0 Å². The summed E-state index contributed by atoms with van der Waals surface area (Å²) in [5.41, 5.74) is 3.65. The molecule has 2 aromatic heterocycles. The van der Waals surface area contributed by atoms with Gasteiger partial charge in [-0.15, -0.1) is 0 Å². The molecule has 5 nitrogen and oxygen atoms in total. The van der Waals surface area contributed by atoms with E-state index in [1.54, 1.807) is 0 Å². The second-order valence-corrected chi connectivity index (χ2v) is 6.79. The summed E-state index contributed by atoms with van der Waals surface area (Å²) < 4.78 is 6.18. The standard InChI is InChI=1S/C19H26N4O/c1-15-11-20-7-4-16(15)12-23-9-6-19(14-23)24-18-5-8-21-17(10-18)13-22(2)3/h4-5,7-8,10-11,19H,6,9,12-14H2,1-3H3. The van der Waals surface area contributed by atoms with Crippen molar-refractivity contribution in [3.8, 4) is 5.75 Å². The van der Waals surface area contributed by atoms with Crippen molar-refractivity contribution in [2.24, 2.45) is 0 Å². The Morgan fingerprint density at radius 2 is 2.17 bits per heavy atom. The first-order valence-electron chi connectivity index (χ1n) is 8.48. The molecule has 1 atom stereocenters. The zero-order chi connectivity index (χ0) is 16.9. The highest BCUT2D eigenvalue weighted by atomic mass is 16.5. The largest absolute Gasteiger partial charge is 0.489 e. The van der Waals surface area contributed by atoms with Crippen LogP contribution in [-0.2, 0) is 13.1 Å². The molecule has 0 amide bonds. The summed E-state index contributed by atoms with van der Waals surface area (Å²) in [7, 11) is 4.09. The lowest BCUT2D eigenvalue weighted by Crippen LogP contribution is -2.25. The molecule has 0 saturated carbocycles. The number of aryl methyl sites for hydroxylation is 1. The van der Waals surface area contributed by atoms with Crippen molar-refractivity contribution in [2.45, 2.75) is 32.5 Å². The van der Waals surface area contributed by atoms with E-state index in [1.807, 2.05) is 38.8 Å². The molecule has 0 bridgehead atoms. The van der Waals surface area contributed by atoms with E-state index < -0.39 is 0 Å². The molecular formula is C19H26N4O. The summed E-state index contributed by atoms with van der Waals surface area (Å²) in [6.45, 7) is 5.95. The third kappa shape index (κ3) is 4.52. The number of likely N-dealkylation sites (tertiary alicyclic amines) is 1. The highest BCUT2D eigenvalue weighted by Gasteiger charge is 2.24. The van der Waals surface area contributed by atoms with Gasteiger partial charge >= 0.3 is 0 Å². The Morgan fingerprint density at radius 3 is 2.96 bits per heavy atom. The normalized spacial score (nSPS) is 18.2. The number of hydrogen-bond donors (Lipinski definition) is 0. The van der Waals surface area contributed by atoms with Crippen molar-refractivity contribution in [1.82, 2.24) is 19.8 Å². The van der Waals surface area contributed by atoms with E-state index in [0.29, 0.717) is 0 Å². The first-order chi connectivity index (χ1) is 11.6. The second kappa shape index (κ2) is 7.73. The Kier molecular flexibility index (Phi) is 5.43. The van der Waals surface area contributed by atoms with Gasteiger partial charge in [0.25, 0.3) is 0 Å². The summed E-state index contributed by atoms with van der Waals surface area (Å²) in [5, 5.41) is 0. The second-order valence-electron chi connectivity index (χ2n) is 6.79. The summed E-state index contributed by atoms with van der Waals surface area (Å²) in [4.78, 5) is 13.1. The first-order valence-corrected chi connectivity index (χ1v) is 8.48. The van der Waals surface area contributed by atoms with Crippen molar-refractivity contribution in [3.05, 3.63) is 53.6 Å². The minimum Gasteiger partial charge on any atom is -0.489 e. The van der Waals surface area contributed by atoms with Gasteiger partial charge < -0.3 is 9.64 Å². The molecule has 2 aromatic rings. The molecule has 1 saturated heterocycles. The lowest BCUT2D eigenvalue weighted by Gasteiger charge is -2.18. The number of pyridine rings is 2. The molecule has 1 aliphatic heterocycles. The zero-order valence-electron chi connectivity index (χ0n) is 14.8. The van der Waals surface area contributed by atoms with Crippen LogP contribution in [0.3, 0.4) is 0 Å². The Labute approximate surface area is 144 Å². The average Bonchev–Trinajstić information content (AvgIpc) is 2.96. The Hall–Kier alpha value is -1.98. The molecular weight excluding hydrogens is 300 g/mol. The molecule has 1 unspecified atom stereocenters. The van der Waals surface area contributed by atoms with E-state index in [0.717, 1.165) is 44.0 Å². The van der Waals surface area contributed by atoms with Crippen LogP contribution in [0.4, 0.5) is 0 Å². The maximum atomic E-state index is 6.18. The van der Waals surface area contributed by atoms with Gasteiger partial charge in [-0.05, 0) is 50.7 Å². The summed E-state index contributed by atoms with van der Waals surface area (Å²) in [6.07, 6.45) is 6.95. The maximum absolute atomic E-state index is 6.18. The van der Waals surface area contributed by atoms with E-state index >= 15 is 0 Å². The SMILES string of the molecule is Cc1cnccc1CN1CCC(Oc2ccnc(CN(C)C)c2)C1. The smallest absolute Gasteiger partial charge is 0.123 e. The van der Waals surface area contributed by atoms with Crippen LogP contribution < -0.4 is 4.74 Å². The van der Waals surface area contributed by atoms with Crippen molar-refractivity contribution in [3.63, 3.8) is 0 Å². The van der Waals surface area contributed by atoms with Crippen LogP contribution in [0.25, 0.3) is 0 Å². The van der Waals surface area contributed by atoms with E-state index in [9.17, 15) is 0 Å². The van der Waals surface area contributed by atoms with Crippen molar-refractivity contribution >= 4 is 0 Å². The van der Waals surface area contributed by atoms with E-state index in [2.05, 4.69) is 38.8 Å². The van der Waals surface area contributed by atoms with Gasteiger partial charge in [-0.25, -0.2) is 0 Å². The lowest BCUT2D eigenvalue weighted by molar-refractivity contribution is 0.197. The molecule has 24 heavy (non-hydrogen) atoms. The third-order valence-electron chi connectivity index (χ3n) is 4.33. The molecule has 0 radical (unpaired) electrons. The topological polar surface area (TPSA) is 41.5 Å². The number of ether oxygens (including phenoxy) is 1. The molecule has 3 rings (SSSR count). The molecule has 1 fully saturated rings. The van der Waals surface area contributed by atoms with Crippen LogP contribution in [0, 0.1) is 6.92 Å². The van der Waals surface area contributed by atoms with Crippen LogP contribution in [0.1, 0.15) is 23.2 Å². The van der Waals surface area contributed by atoms with E-state index in [-0.39, 0.29) is 6.10 Å². The molecule has 5 heteroatoms. The zero-order valence-corrected chi connectivity index (χ0v) is 14.8. The summed E-state index contributed by atoms with van der Waals surface area (Å²) in [5.74, 6) is 0.925. The minimum absolute atomic E-state index is 0.252. The molecule has 1 aliphatic rings. The molecule has 0 aromatic carbocycles. The lowest BCUT2D eigenvalue weighted by atomic mass is 10.1. The van der Waals surface area contributed by atoms with Gasteiger partial charge in [0, 0.05) is 50.8 Å². The molecule has 0 N–H and O–H groups in total. The van der Waals surface area contributed by atoms with Gasteiger partial charge in [0.2, 0.25) is 0 Å². The van der Waals surface area contributed by atoms with Crippen LogP contribution in [0.15, 0.2) is 36.8 Å². The van der Waals surface area contributed by atoms with Gasteiger partial charge in [0.15, 0.2) is 0 Å². The van der Waals surface area contributed by atoms with Gasteiger partial charge in [-0.2, -0.15) is 0 Å². The Bertz CT molecular complexity index is 674. The van der Waals surface area contributed by atoms with Crippen molar-refractivity contribution < 1.29 is 4.74 Å². The third-order valence-corrected chi connectivity index (χ3v) is 4.33. The van der Waals surface area contributed by atoms with Crippen molar-refractivity contribution in [1.29, 1.82) is 0 Å². The van der Waals surface area contributed by atoms with Gasteiger partial charge in [0.05, 0.1) is 5.69 Å². The Morgan fingerprint density at radius 1 is 1.29 bits per heavy atom. The summed E-state index contributed by atoms with van der Waals surface area (Å²) >= 11 is 0. The maximum Gasteiger partial charge on any atom is 0.123 e. The number of hydrogen-bond acceptors (Lipinski definition) is 5. The average molecular weight is 326 g/mol. The first kappa shape index (κ1) is 16.9. The predicted molar refractivity (Wildman–Crippen MR) is 94.9 cm³/mol. The highest BCUT2D eigenvalue weighted by Crippen LogP contribution is 2.21. The fraction of sp³-hybridized carbons (Fsp3) is 0.474. The fourth-order valence-corrected chi connectivity index (χ4v) is 3.09. The van der Waals surface area contributed by atoms with Gasteiger partial charge in [-0.3, -0.25) is 14.9 Å². The van der Waals surface area contributed by atoms with Crippen LogP contribution in [0.5, 0.6) is 5.75 Å². The molecule has 128 valence electrons. The van der Waals surface area contributed by atoms with Crippen LogP contribution >= 0.6 is 0 Å². The predicted octanol–water partition coefficient (Wildman–Crippen LogP) is 2.50. The van der Waals surface area contributed by atoms with E-state index in [4.69, 9.17) is 4.74 Å². The van der Waals surface area contributed by atoms with Crippen LogP contribution in [0.2, 0.25) is 0 Å². The molecule has 0 spiro atoms. The van der Waals surface area contributed by atoms with Crippen molar-refractivity contribution in [2.75, 3.05) is 27.2 Å². The molecule has 0 aliphatic carbocycles. The highest BCUT2D eigenvalue weighted by molar-refractivity contribution is 5.23. The number of rotatable bonds is 6. The fourth-order valence-electron chi connectivity index (χ4n) is 3.09. The Balaban J connectivity index is 1.55. The minimum atomic E-state index is 0.252. The molecule has 3 heterocycles. The number of nitrogens with zero attached hydrogens (tertiary/aromatic N) is 4.